The first-order valence-electron chi connectivity index (χ1n) is 10.2. The van der Waals surface area contributed by atoms with Gasteiger partial charge in [-0.05, 0) is 62.0 Å². The Balaban J connectivity index is 1.51. The number of hydrogen-bond acceptors (Lipinski definition) is 5. The van der Waals surface area contributed by atoms with Gasteiger partial charge in [-0.1, -0.05) is 13.8 Å². The predicted octanol–water partition coefficient (Wildman–Crippen LogP) is 3.32. The zero-order valence-electron chi connectivity index (χ0n) is 17.7. The van der Waals surface area contributed by atoms with Crippen LogP contribution in [-0.2, 0) is 16.0 Å². The van der Waals surface area contributed by atoms with Crippen molar-refractivity contribution in [2.75, 3.05) is 31.6 Å². The van der Waals surface area contributed by atoms with E-state index < -0.39 is 0 Å². The molecule has 0 fully saturated rings. The van der Waals surface area contributed by atoms with Crippen molar-refractivity contribution in [3.8, 4) is 0 Å². The number of fused-ring (bicyclic) bond motifs is 1. The van der Waals surface area contributed by atoms with Crippen molar-refractivity contribution < 1.29 is 14.3 Å². The summed E-state index contributed by atoms with van der Waals surface area (Å²) in [5.41, 5.74) is 3.73. The summed E-state index contributed by atoms with van der Waals surface area (Å²) >= 11 is 0. The molecule has 2 heterocycles. The van der Waals surface area contributed by atoms with E-state index in [1.54, 1.807) is 24.3 Å². The molecule has 3 aromatic rings. The van der Waals surface area contributed by atoms with Crippen LogP contribution in [0.1, 0.15) is 35.5 Å². The van der Waals surface area contributed by atoms with E-state index in [-0.39, 0.29) is 18.3 Å². The van der Waals surface area contributed by atoms with Crippen LogP contribution in [0.3, 0.4) is 0 Å². The van der Waals surface area contributed by atoms with E-state index in [1.165, 1.54) is 0 Å². The number of carbonyl (C=O) groups is 2. The highest BCUT2D eigenvalue weighted by Gasteiger charge is 2.11. The van der Waals surface area contributed by atoms with Crippen molar-refractivity contribution in [2.45, 2.75) is 27.2 Å². The van der Waals surface area contributed by atoms with Crippen LogP contribution in [0, 0.1) is 6.92 Å². The molecule has 1 amide bonds. The molecule has 1 N–H and O–H groups in total. The molecule has 0 aliphatic rings. The maximum Gasteiger partial charge on any atom is 0.338 e. The molecule has 0 radical (unpaired) electrons. The third kappa shape index (κ3) is 5.67. The number of esters is 1. The summed E-state index contributed by atoms with van der Waals surface area (Å²) in [5, 5.41) is 2.84. The van der Waals surface area contributed by atoms with Gasteiger partial charge in [-0.3, -0.25) is 4.79 Å². The van der Waals surface area contributed by atoms with Gasteiger partial charge in [0.05, 0.1) is 17.7 Å². The summed E-state index contributed by atoms with van der Waals surface area (Å²) in [6.45, 7) is 9.09. The number of aromatic nitrogens is 2. The fraction of sp³-hybridized carbons (Fsp3) is 0.348. The van der Waals surface area contributed by atoms with E-state index in [1.807, 2.05) is 35.9 Å². The van der Waals surface area contributed by atoms with Crippen LogP contribution >= 0.6 is 0 Å². The van der Waals surface area contributed by atoms with Gasteiger partial charge in [0.15, 0.2) is 0 Å². The first-order chi connectivity index (χ1) is 14.5. The first kappa shape index (κ1) is 21.5. The summed E-state index contributed by atoms with van der Waals surface area (Å²) in [4.78, 5) is 31.2. The Labute approximate surface area is 176 Å². The number of rotatable bonds is 9. The minimum atomic E-state index is -0.361. The molecule has 0 aliphatic heterocycles. The highest BCUT2D eigenvalue weighted by Crippen LogP contribution is 2.13. The zero-order valence-corrected chi connectivity index (χ0v) is 17.7. The Hall–Kier alpha value is -3.19. The number of carbonyl (C=O) groups excluding carboxylic acids is 2. The molecule has 0 unspecified atom stereocenters. The van der Waals surface area contributed by atoms with Crippen LogP contribution in [0.25, 0.3) is 5.65 Å². The van der Waals surface area contributed by atoms with Crippen LogP contribution in [0.15, 0.2) is 48.8 Å². The number of anilines is 1. The summed E-state index contributed by atoms with van der Waals surface area (Å²) in [7, 11) is 0. The summed E-state index contributed by atoms with van der Waals surface area (Å²) in [6.07, 6.45) is 3.96. The van der Waals surface area contributed by atoms with Gasteiger partial charge in [0.1, 0.15) is 12.3 Å². The highest BCUT2D eigenvalue weighted by molar-refractivity contribution is 5.93. The predicted molar refractivity (Wildman–Crippen MR) is 117 cm³/mol. The molecule has 2 aromatic heterocycles. The minimum Gasteiger partial charge on any atom is -0.461 e. The first-order valence-corrected chi connectivity index (χ1v) is 10.2. The van der Waals surface area contributed by atoms with E-state index in [4.69, 9.17) is 4.74 Å². The number of benzene rings is 1. The fourth-order valence-electron chi connectivity index (χ4n) is 3.17. The molecule has 30 heavy (non-hydrogen) atoms. The average Bonchev–Trinajstić information content (AvgIpc) is 3.12. The average molecular weight is 409 g/mol. The van der Waals surface area contributed by atoms with Gasteiger partial charge in [0.2, 0.25) is 5.91 Å². The van der Waals surface area contributed by atoms with E-state index in [0.29, 0.717) is 23.6 Å². The Kier molecular flexibility index (Phi) is 7.19. The van der Waals surface area contributed by atoms with E-state index in [2.05, 4.69) is 29.0 Å². The molecule has 0 bridgehead atoms. The lowest BCUT2D eigenvalue weighted by molar-refractivity contribution is -0.115. The molecule has 7 heteroatoms. The van der Waals surface area contributed by atoms with Gasteiger partial charge in [0, 0.05) is 24.6 Å². The number of aryl methyl sites for hydroxylation is 1. The molecular formula is C23H28N4O3. The topological polar surface area (TPSA) is 75.9 Å². The molecule has 0 saturated carbocycles. The monoisotopic (exact) mass is 408 g/mol. The molecule has 0 spiro atoms. The molecule has 158 valence electrons. The molecule has 7 nitrogen and oxygen atoms in total. The third-order valence-electron chi connectivity index (χ3n) is 4.95. The number of pyridine rings is 1. The van der Waals surface area contributed by atoms with Crippen LogP contribution in [-0.4, -0.2) is 52.4 Å². The molecular weight excluding hydrogens is 380 g/mol. The maximum absolute atomic E-state index is 12.3. The summed E-state index contributed by atoms with van der Waals surface area (Å²) < 4.78 is 7.22. The summed E-state index contributed by atoms with van der Waals surface area (Å²) in [5.74, 6) is -0.523. The molecule has 3 rings (SSSR count). The molecule has 0 aliphatic carbocycles. The van der Waals surface area contributed by atoms with Gasteiger partial charge in [-0.15, -0.1) is 0 Å². The second-order valence-electron chi connectivity index (χ2n) is 7.17. The van der Waals surface area contributed by atoms with Crippen molar-refractivity contribution in [1.29, 1.82) is 0 Å². The lowest BCUT2D eigenvalue weighted by atomic mass is 10.2. The Morgan fingerprint density at radius 2 is 1.87 bits per heavy atom. The second kappa shape index (κ2) is 10.0. The van der Waals surface area contributed by atoms with Gasteiger partial charge >= 0.3 is 5.97 Å². The highest BCUT2D eigenvalue weighted by atomic mass is 16.5. The van der Waals surface area contributed by atoms with E-state index >= 15 is 0 Å². The van der Waals surface area contributed by atoms with Crippen molar-refractivity contribution in [3.05, 3.63) is 65.6 Å². The Morgan fingerprint density at radius 3 is 2.57 bits per heavy atom. The number of nitrogens with one attached hydrogen (secondary N) is 1. The number of ether oxygens (including phenoxy) is 1. The molecule has 1 aromatic carbocycles. The van der Waals surface area contributed by atoms with Crippen molar-refractivity contribution in [3.63, 3.8) is 0 Å². The number of imidazole rings is 1. The summed E-state index contributed by atoms with van der Waals surface area (Å²) in [6, 6.07) is 10.7. The van der Waals surface area contributed by atoms with Crippen molar-refractivity contribution in [1.82, 2.24) is 14.3 Å². The van der Waals surface area contributed by atoms with Gasteiger partial charge in [-0.25, -0.2) is 9.78 Å². The normalized spacial score (nSPS) is 11.1. The van der Waals surface area contributed by atoms with E-state index in [0.717, 1.165) is 30.8 Å². The van der Waals surface area contributed by atoms with Crippen LogP contribution < -0.4 is 5.32 Å². The Bertz CT molecular complexity index is 1010. The zero-order chi connectivity index (χ0) is 21.5. The van der Waals surface area contributed by atoms with Crippen LogP contribution in [0.4, 0.5) is 5.69 Å². The fourth-order valence-corrected chi connectivity index (χ4v) is 3.17. The quantitative estimate of drug-likeness (QED) is 0.550. The third-order valence-corrected chi connectivity index (χ3v) is 4.95. The lowest BCUT2D eigenvalue weighted by Crippen LogP contribution is -2.27. The number of hydrogen-bond donors (Lipinski definition) is 1. The van der Waals surface area contributed by atoms with Crippen molar-refractivity contribution >= 4 is 23.2 Å². The van der Waals surface area contributed by atoms with Gasteiger partial charge < -0.3 is 19.4 Å². The molecule has 0 saturated heterocycles. The number of nitrogens with zero attached hydrogens (tertiary/aromatic N) is 3. The van der Waals surface area contributed by atoms with Crippen LogP contribution in [0.5, 0.6) is 0 Å². The molecule has 0 atom stereocenters. The van der Waals surface area contributed by atoms with Gasteiger partial charge in [0.25, 0.3) is 0 Å². The van der Waals surface area contributed by atoms with Crippen molar-refractivity contribution in [2.24, 2.45) is 0 Å². The lowest BCUT2D eigenvalue weighted by Gasteiger charge is -2.17. The number of likely N-dealkylation sites (N-methyl/N-ethyl adjacent to an activating group) is 1. The Morgan fingerprint density at radius 1 is 1.13 bits per heavy atom. The minimum absolute atomic E-state index is 0.162. The van der Waals surface area contributed by atoms with E-state index in [9.17, 15) is 9.59 Å². The second-order valence-corrected chi connectivity index (χ2v) is 7.17. The van der Waals surface area contributed by atoms with Gasteiger partial charge in [-0.2, -0.15) is 0 Å². The largest absolute Gasteiger partial charge is 0.461 e. The number of amides is 1. The van der Waals surface area contributed by atoms with Crippen LogP contribution in [0.2, 0.25) is 0 Å². The standard InChI is InChI=1S/C23H28N4O3/c1-4-26(5-2)12-13-30-23(29)18-6-8-19(9-7-18)25-22(28)15-20-16-27-11-10-17(3)14-21(27)24-20/h6-11,14,16H,4-5,12-13,15H2,1-3H3,(H,25,28). The smallest absolute Gasteiger partial charge is 0.338 e. The SMILES string of the molecule is CCN(CC)CCOC(=O)c1ccc(NC(=O)Cc2cn3ccc(C)cc3n2)cc1. The maximum atomic E-state index is 12.3.